The number of hydrogen-bond donors (Lipinski definition) is 1. The lowest BCUT2D eigenvalue weighted by molar-refractivity contribution is 0.0938. The first-order valence-electron chi connectivity index (χ1n) is 6.24. The van der Waals surface area contributed by atoms with Crippen LogP contribution < -0.4 is 5.32 Å². The zero-order valence-corrected chi connectivity index (χ0v) is 11.2. The van der Waals surface area contributed by atoms with Crippen LogP contribution in [-0.2, 0) is 7.05 Å². The van der Waals surface area contributed by atoms with Crippen molar-refractivity contribution in [1.82, 2.24) is 29.7 Å². The third-order valence-corrected chi connectivity index (χ3v) is 3.04. The molecule has 0 spiro atoms. The zero-order chi connectivity index (χ0) is 14.1. The summed E-state index contributed by atoms with van der Waals surface area (Å²) in [5.41, 5.74) is 1.28. The number of hydrogen-bond acceptors (Lipinski definition) is 4. The number of carbonyl (C=O) groups is 1. The zero-order valence-electron chi connectivity index (χ0n) is 11.2. The van der Waals surface area contributed by atoms with Crippen molar-refractivity contribution in [3.63, 3.8) is 0 Å². The van der Waals surface area contributed by atoms with Gasteiger partial charge in [-0.3, -0.25) is 13.9 Å². The van der Waals surface area contributed by atoms with E-state index in [0.717, 1.165) is 5.65 Å². The molecule has 3 aromatic rings. The van der Waals surface area contributed by atoms with Crippen LogP contribution in [0.1, 0.15) is 29.1 Å². The molecule has 1 atom stereocenters. The summed E-state index contributed by atoms with van der Waals surface area (Å²) in [7, 11) is 1.77. The molecule has 1 amide bonds. The van der Waals surface area contributed by atoms with Crippen molar-refractivity contribution in [3.8, 4) is 0 Å². The van der Waals surface area contributed by atoms with Crippen molar-refractivity contribution in [2.24, 2.45) is 7.05 Å². The summed E-state index contributed by atoms with van der Waals surface area (Å²) in [4.78, 5) is 12.1. The topological polar surface area (TPSA) is 77.1 Å². The second kappa shape index (κ2) is 4.76. The minimum absolute atomic E-state index is 0.182. The quantitative estimate of drug-likeness (QED) is 0.768. The van der Waals surface area contributed by atoms with Crippen LogP contribution in [0, 0.1) is 0 Å². The van der Waals surface area contributed by atoms with E-state index in [0.29, 0.717) is 11.4 Å². The van der Waals surface area contributed by atoms with Crippen LogP contribution in [0.4, 0.5) is 0 Å². The van der Waals surface area contributed by atoms with E-state index in [9.17, 15) is 4.79 Å². The Morgan fingerprint density at radius 2 is 2.20 bits per heavy atom. The maximum atomic E-state index is 12.1. The van der Waals surface area contributed by atoms with E-state index in [1.165, 1.54) is 6.20 Å². The Morgan fingerprint density at radius 1 is 1.35 bits per heavy atom. The van der Waals surface area contributed by atoms with Gasteiger partial charge in [0.15, 0.2) is 11.5 Å². The fourth-order valence-electron chi connectivity index (χ4n) is 2.04. The molecule has 7 heteroatoms. The SMILES string of the molecule is CC(NC(=O)c1cnn(C)c1)c1nnc2ccccn12. The summed E-state index contributed by atoms with van der Waals surface area (Å²) in [6.07, 6.45) is 5.07. The standard InChI is InChI=1S/C13H14N6O/c1-9(15-13(20)10-7-14-18(2)8-10)12-17-16-11-5-3-4-6-19(11)12/h3-9H,1-2H3,(H,15,20). The average Bonchev–Trinajstić information content (AvgIpc) is 3.04. The van der Waals surface area contributed by atoms with Crippen molar-refractivity contribution in [3.05, 3.63) is 48.2 Å². The van der Waals surface area contributed by atoms with Crippen molar-refractivity contribution < 1.29 is 4.79 Å². The highest BCUT2D eigenvalue weighted by Gasteiger charge is 2.17. The van der Waals surface area contributed by atoms with Crippen molar-refractivity contribution in [2.75, 3.05) is 0 Å². The van der Waals surface area contributed by atoms with Crippen LogP contribution in [0.5, 0.6) is 0 Å². The number of rotatable bonds is 3. The Labute approximate surface area is 115 Å². The predicted molar refractivity (Wildman–Crippen MR) is 72.1 cm³/mol. The summed E-state index contributed by atoms with van der Waals surface area (Å²) in [6, 6.07) is 5.41. The molecule has 3 rings (SSSR count). The molecule has 7 nitrogen and oxygen atoms in total. The Morgan fingerprint density at radius 3 is 2.95 bits per heavy atom. The molecule has 0 saturated heterocycles. The minimum Gasteiger partial charge on any atom is -0.342 e. The molecule has 1 N–H and O–H groups in total. The van der Waals surface area contributed by atoms with Crippen molar-refractivity contribution in [2.45, 2.75) is 13.0 Å². The lowest BCUT2D eigenvalue weighted by Crippen LogP contribution is -2.27. The molecular formula is C13H14N6O. The molecule has 3 aromatic heterocycles. The van der Waals surface area contributed by atoms with Gasteiger partial charge in [0.25, 0.3) is 5.91 Å². The number of aryl methyl sites for hydroxylation is 1. The van der Waals surface area contributed by atoms with Crippen LogP contribution in [0.3, 0.4) is 0 Å². The lowest BCUT2D eigenvalue weighted by atomic mass is 10.2. The third kappa shape index (κ3) is 2.13. The summed E-state index contributed by atoms with van der Waals surface area (Å²) in [5.74, 6) is 0.510. The van der Waals surface area contributed by atoms with Gasteiger partial charge in [-0.1, -0.05) is 6.07 Å². The largest absolute Gasteiger partial charge is 0.342 e. The number of fused-ring (bicyclic) bond motifs is 1. The van der Waals surface area contributed by atoms with E-state index < -0.39 is 0 Å². The van der Waals surface area contributed by atoms with E-state index in [1.54, 1.807) is 17.9 Å². The molecule has 0 saturated carbocycles. The highest BCUT2D eigenvalue weighted by atomic mass is 16.1. The van der Waals surface area contributed by atoms with E-state index in [4.69, 9.17) is 0 Å². The van der Waals surface area contributed by atoms with Gasteiger partial charge in [0.2, 0.25) is 0 Å². The molecule has 20 heavy (non-hydrogen) atoms. The van der Waals surface area contributed by atoms with E-state index in [-0.39, 0.29) is 11.9 Å². The van der Waals surface area contributed by atoms with Crippen LogP contribution in [0.15, 0.2) is 36.8 Å². The summed E-state index contributed by atoms with van der Waals surface area (Å²) >= 11 is 0. The fraction of sp³-hybridized carbons (Fsp3) is 0.231. The van der Waals surface area contributed by atoms with E-state index >= 15 is 0 Å². The molecule has 0 aliphatic carbocycles. The number of carbonyl (C=O) groups excluding carboxylic acids is 1. The number of aromatic nitrogens is 5. The maximum absolute atomic E-state index is 12.1. The second-order valence-electron chi connectivity index (χ2n) is 4.58. The monoisotopic (exact) mass is 270 g/mol. The molecule has 0 aliphatic rings. The predicted octanol–water partition coefficient (Wildman–Crippen LogP) is 0.954. The number of amides is 1. The number of nitrogens with zero attached hydrogens (tertiary/aromatic N) is 5. The van der Waals surface area contributed by atoms with Gasteiger partial charge in [-0.2, -0.15) is 5.10 Å². The van der Waals surface area contributed by atoms with Gasteiger partial charge >= 0.3 is 0 Å². The Kier molecular flexibility index (Phi) is 2.94. The Hall–Kier alpha value is -2.70. The number of nitrogens with one attached hydrogen (secondary N) is 1. The Balaban J connectivity index is 1.82. The van der Waals surface area contributed by atoms with Gasteiger partial charge in [0.05, 0.1) is 17.8 Å². The lowest BCUT2D eigenvalue weighted by Gasteiger charge is -2.11. The first-order chi connectivity index (χ1) is 9.65. The van der Waals surface area contributed by atoms with Gasteiger partial charge < -0.3 is 5.32 Å². The van der Waals surface area contributed by atoms with Gasteiger partial charge in [0.1, 0.15) is 0 Å². The van der Waals surface area contributed by atoms with E-state index in [1.807, 2.05) is 35.7 Å². The summed E-state index contributed by atoms with van der Waals surface area (Å²) < 4.78 is 3.44. The summed E-state index contributed by atoms with van der Waals surface area (Å²) in [5, 5.41) is 15.1. The van der Waals surface area contributed by atoms with Gasteiger partial charge in [0, 0.05) is 19.4 Å². The molecule has 0 fully saturated rings. The Bertz CT molecular complexity index is 759. The molecule has 0 radical (unpaired) electrons. The first kappa shape index (κ1) is 12.3. The second-order valence-corrected chi connectivity index (χ2v) is 4.58. The number of pyridine rings is 1. The van der Waals surface area contributed by atoms with E-state index in [2.05, 4.69) is 20.6 Å². The van der Waals surface area contributed by atoms with Gasteiger partial charge in [-0.25, -0.2) is 0 Å². The van der Waals surface area contributed by atoms with Crippen molar-refractivity contribution >= 4 is 11.6 Å². The highest BCUT2D eigenvalue weighted by molar-refractivity contribution is 5.93. The van der Waals surface area contributed by atoms with Crippen LogP contribution in [-0.4, -0.2) is 30.3 Å². The molecule has 0 aliphatic heterocycles. The van der Waals surface area contributed by atoms with Crippen LogP contribution >= 0.6 is 0 Å². The van der Waals surface area contributed by atoms with Crippen LogP contribution in [0.2, 0.25) is 0 Å². The molecule has 0 bridgehead atoms. The molecule has 0 aromatic carbocycles. The molecule has 102 valence electrons. The molecular weight excluding hydrogens is 256 g/mol. The normalized spacial score (nSPS) is 12.5. The third-order valence-electron chi connectivity index (χ3n) is 3.04. The minimum atomic E-state index is -0.250. The maximum Gasteiger partial charge on any atom is 0.255 e. The van der Waals surface area contributed by atoms with Gasteiger partial charge in [-0.05, 0) is 19.1 Å². The average molecular weight is 270 g/mol. The fourth-order valence-corrected chi connectivity index (χ4v) is 2.04. The van der Waals surface area contributed by atoms with Crippen LogP contribution in [0.25, 0.3) is 5.65 Å². The van der Waals surface area contributed by atoms with Gasteiger partial charge in [-0.15, -0.1) is 10.2 Å². The highest BCUT2D eigenvalue weighted by Crippen LogP contribution is 2.12. The smallest absolute Gasteiger partial charge is 0.255 e. The molecule has 3 heterocycles. The first-order valence-corrected chi connectivity index (χ1v) is 6.24. The molecule has 1 unspecified atom stereocenters. The van der Waals surface area contributed by atoms with Crippen molar-refractivity contribution in [1.29, 1.82) is 0 Å². The summed E-state index contributed by atoms with van der Waals surface area (Å²) in [6.45, 7) is 1.87.